The SMILES string of the molecule is Cc1cc(COCCC(C)(O)C(F)(F)F)cc2c1Cc1c-2ccc(S(=O)(=O)O)c1C(F)(F)F. The molecule has 0 fully saturated rings. The van der Waals surface area contributed by atoms with Crippen LogP contribution in [0.15, 0.2) is 29.2 Å². The van der Waals surface area contributed by atoms with E-state index in [2.05, 4.69) is 0 Å². The van der Waals surface area contributed by atoms with Gasteiger partial charge >= 0.3 is 12.4 Å². The number of halogens is 6. The molecule has 0 aromatic heterocycles. The Bertz CT molecular complexity index is 1180. The lowest BCUT2D eigenvalue weighted by Gasteiger charge is -2.25. The van der Waals surface area contributed by atoms with Gasteiger partial charge in [0.25, 0.3) is 10.1 Å². The average Bonchev–Trinajstić information content (AvgIpc) is 3.01. The zero-order valence-corrected chi connectivity index (χ0v) is 18.2. The number of aliphatic hydroxyl groups is 1. The number of rotatable bonds is 6. The van der Waals surface area contributed by atoms with Crippen LogP contribution >= 0.6 is 0 Å². The first-order chi connectivity index (χ1) is 14.9. The molecule has 182 valence electrons. The first kappa shape index (κ1) is 25.5. The summed E-state index contributed by atoms with van der Waals surface area (Å²) in [6.45, 7) is 1.72. The van der Waals surface area contributed by atoms with Crippen molar-refractivity contribution in [2.75, 3.05) is 6.61 Å². The van der Waals surface area contributed by atoms with Gasteiger partial charge < -0.3 is 9.84 Å². The smallest absolute Gasteiger partial charge is 0.381 e. The number of hydrogen-bond acceptors (Lipinski definition) is 4. The second-order valence-corrected chi connectivity index (χ2v) is 9.52. The van der Waals surface area contributed by atoms with Gasteiger partial charge in [0.15, 0.2) is 5.60 Å². The number of alkyl halides is 6. The third-order valence-corrected chi connectivity index (χ3v) is 6.52. The fraction of sp³-hybridized carbons (Fsp3) is 0.429. The summed E-state index contributed by atoms with van der Waals surface area (Å²) in [4.78, 5) is -1.22. The van der Waals surface area contributed by atoms with Crippen molar-refractivity contribution in [2.24, 2.45) is 0 Å². The Kier molecular flexibility index (Phi) is 6.37. The van der Waals surface area contributed by atoms with Gasteiger partial charge in [0.2, 0.25) is 0 Å². The summed E-state index contributed by atoms with van der Waals surface area (Å²) < 4.78 is 117. The van der Waals surface area contributed by atoms with Crippen LogP contribution in [0.3, 0.4) is 0 Å². The lowest BCUT2D eigenvalue weighted by atomic mass is 9.98. The Labute approximate surface area is 185 Å². The van der Waals surface area contributed by atoms with Crippen molar-refractivity contribution in [1.82, 2.24) is 0 Å². The van der Waals surface area contributed by atoms with Crippen molar-refractivity contribution >= 4 is 10.1 Å². The first-order valence-corrected chi connectivity index (χ1v) is 11.1. The fourth-order valence-corrected chi connectivity index (χ4v) is 4.55. The molecule has 0 spiro atoms. The Hall–Kier alpha value is -2.15. The van der Waals surface area contributed by atoms with Gasteiger partial charge in [0, 0.05) is 6.42 Å². The molecule has 2 aromatic rings. The zero-order chi connectivity index (χ0) is 25.0. The molecule has 33 heavy (non-hydrogen) atoms. The lowest BCUT2D eigenvalue weighted by molar-refractivity contribution is -0.257. The molecule has 0 aliphatic heterocycles. The molecule has 3 rings (SSSR count). The first-order valence-electron chi connectivity index (χ1n) is 9.63. The monoisotopic (exact) mass is 498 g/mol. The van der Waals surface area contributed by atoms with E-state index in [0.717, 1.165) is 0 Å². The molecule has 0 saturated carbocycles. The van der Waals surface area contributed by atoms with Crippen LogP contribution in [0.25, 0.3) is 11.1 Å². The highest BCUT2D eigenvalue weighted by Gasteiger charge is 2.49. The molecule has 1 unspecified atom stereocenters. The largest absolute Gasteiger partial charge is 0.418 e. The van der Waals surface area contributed by atoms with E-state index in [1.165, 1.54) is 12.1 Å². The molecule has 0 heterocycles. The van der Waals surface area contributed by atoms with Crippen LogP contribution in [-0.2, 0) is 34.1 Å². The maximum atomic E-state index is 13.7. The second-order valence-electron chi connectivity index (χ2n) is 8.13. The molecule has 1 atom stereocenters. The van der Waals surface area contributed by atoms with E-state index in [1.807, 2.05) is 0 Å². The minimum absolute atomic E-state index is 0.146. The third-order valence-electron chi connectivity index (χ3n) is 5.63. The quantitative estimate of drug-likeness (QED) is 0.282. The van der Waals surface area contributed by atoms with Gasteiger partial charge in [0.05, 0.1) is 18.8 Å². The molecule has 12 heteroatoms. The molecule has 0 amide bonds. The summed E-state index contributed by atoms with van der Waals surface area (Å²) >= 11 is 0. The summed E-state index contributed by atoms with van der Waals surface area (Å²) in [5.74, 6) is 0. The normalized spacial score (nSPS) is 15.8. The van der Waals surface area contributed by atoms with Gasteiger partial charge in [0.1, 0.15) is 4.90 Å². The Morgan fingerprint density at radius 3 is 2.21 bits per heavy atom. The van der Waals surface area contributed by atoms with Crippen LogP contribution in [0, 0.1) is 6.92 Å². The van der Waals surface area contributed by atoms with E-state index in [9.17, 15) is 44.4 Å². The number of hydrogen-bond donors (Lipinski definition) is 2. The molecule has 0 radical (unpaired) electrons. The lowest BCUT2D eigenvalue weighted by Crippen LogP contribution is -2.42. The minimum atomic E-state index is -5.12. The molecule has 0 bridgehead atoms. The molecule has 1 aliphatic rings. The van der Waals surface area contributed by atoms with Gasteiger partial charge in [-0.2, -0.15) is 34.8 Å². The maximum Gasteiger partial charge on any atom is 0.418 e. The van der Waals surface area contributed by atoms with E-state index in [-0.39, 0.29) is 24.2 Å². The molecule has 2 aromatic carbocycles. The van der Waals surface area contributed by atoms with Gasteiger partial charge in [-0.15, -0.1) is 0 Å². The molecule has 0 saturated heterocycles. The highest BCUT2D eigenvalue weighted by Crippen LogP contribution is 2.47. The van der Waals surface area contributed by atoms with Crippen molar-refractivity contribution in [3.8, 4) is 11.1 Å². The topological polar surface area (TPSA) is 83.8 Å². The predicted molar refractivity (Wildman–Crippen MR) is 105 cm³/mol. The summed E-state index contributed by atoms with van der Waals surface area (Å²) in [5, 5.41) is 9.44. The maximum absolute atomic E-state index is 13.7. The highest BCUT2D eigenvalue weighted by molar-refractivity contribution is 7.85. The van der Waals surface area contributed by atoms with Crippen molar-refractivity contribution < 1.29 is 49.2 Å². The van der Waals surface area contributed by atoms with Crippen LogP contribution in [-0.4, -0.2) is 36.5 Å². The van der Waals surface area contributed by atoms with Gasteiger partial charge in [-0.1, -0.05) is 12.1 Å². The van der Waals surface area contributed by atoms with E-state index in [1.54, 1.807) is 13.0 Å². The zero-order valence-electron chi connectivity index (χ0n) is 17.4. The number of ether oxygens (including phenoxy) is 1. The Balaban J connectivity index is 1.91. The van der Waals surface area contributed by atoms with Crippen LogP contribution in [0.1, 0.15) is 41.2 Å². The second kappa shape index (κ2) is 8.26. The summed E-state index contributed by atoms with van der Waals surface area (Å²) in [5.41, 5.74) is -2.46. The van der Waals surface area contributed by atoms with E-state index < -0.39 is 51.6 Å². The summed E-state index contributed by atoms with van der Waals surface area (Å²) in [6, 6.07) is 5.03. The summed E-state index contributed by atoms with van der Waals surface area (Å²) in [7, 11) is -5.12. The van der Waals surface area contributed by atoms with E-state index >= 15 is 0 Å². The van der Waals surface area contributed by atoms with Crippen LogP contribution in [0.2, 0.25) is 0 Å². The van der Waals surface area contributed by atoms with Crippen molar-refractivity contribution in [2.45, 2.75) is 56.1 Å². The minimum Gasteiger partial charge on any atom is -0.381 e. The van der Waals surface area contributed by atoms with Gasteiger partial charge in [-0.05, 0) is 65.8 Å². The number of fused-ring (bicyclic) bond motifs is 3. The molecule has 2 N–H and O–H groups in total. The van der Waals surface area contributed by atoms with Crippen LogP contribution in [0.4, 0.5) is 26.3 Å². The third kappa shape index (κ3) is 5.03. The molecular weight excluding hydrogens is 478 g/mol. The Morgan fingerprint density at radius 1 is 1.03 bits per heavy atom. The predicted octanol–water partition coefficient (Wildman–Crippen LogP) is 5.05. The highest BCUT2D eigenvalue weighted by atomic mass is 32.2. The number of aryl methyl sites for hydroxylation is 1. The van der Waals surface area contributed by atoms with Gasteiger partial charge in [-0.3, -0.25) is 4.55 Å². The standard InChI is InChI=1S/C21H20F6O5S/c1-11-7-12(10-32-6-5-19(2,28)21(25,26)27)8-15-13-3-4-17(33(29,30)31)18(20(22,23)24)16(13)9-14(11)15/h3-4,7-8,28H,5-6,9-10H2,1-2H3,(H,29,30,31). The van der Waals surface area contributed by atoms with E-state index in [0.29, 0.717) is 35.2 Å². The number of benzene rings is 2. The Morgan fingerprint density at radius 2 is 1.67 bits per heavy atom. The molecular formula is C21H20F6O5S. The fourth-order valence-electron chi connectivity index (χ4n) is 3.82. The molecule has 1 aliphatic carbocycles. The van der Waals surface area contributed by atoms with Crippen molar-refractivity contribution in [3.05, 3.63) is 52.1 Å². The van der Waals surface area contributed by atoms with Crippen LogP contribution in [0.5, 0.6) is 0 Å². The summed E-state index contributed by atoms with van der Waals surface area (Å²) in [6.07, 6.45) is -10.8. The van der Waals surface area contributed by atoms with E-state index in [4.69, 9.17) is 4.74 Å². The van der Waals surface area contributed by atoms with Crippen molar-refractivity contribution in [3.63, 3.8) is 0 Å². The van der Waals surface area contributed by atoms with Crippen LogP contribution < -0.4 is 0 Å². The molecule has 5 nitrogen and oxygen atoms in total. The average molecular weight is 498 g/mol. The van der Waals surface area contributed by atoms with Gasteiger partial charge in [-0.25, -0.2) is 0 Å². The van der Waals surface area contributed by atoms with Crippen molar-refractivity contribution in [1.29, 1.82) is 0 Å².